The van der Waals surface area contributed by atoms with E-state index in [1.54, 1.807) is 6.08 Å². The molecule has 2 nitrogen and oxygen atoms in total. The zero-order valence-corrected chi connectivity index (χ0v) is 10.0. The van der Waals surface area contributed by atoms with E-state index in [4.69, 9.17) is 10.5 Å². The van der Waals surface area contributed by atoms with Crippen molar-refractivity contribution in [3.63, 3.8) is 0 Å². The Kier molecular flexibility index (Phi) is 3.45. The highest BCUT2D eigenvalue weighted by atomic mass is 16.5. The quantitative estimate of drug-likeness (QED) is 0.800. The van der Waals surface area contributed by atoms with E-state index in [1.807, 2.05) is 43.3 Å². The molecule has 0 aliphatic carbocycles. The van der Waals surface area contributed by atoms with Gasteiger partial charge in [0, 0.05) is 5.56 Å². The van der Waals surface area contributed by atoms with Crippen molar-refractivity contribution in [2.75, 3.05) is 6.61 Å². The van der Waals surface area contributed by atoms with E-state index in [2.05, 4.69) is 6.58 Å². The molecule has 0 fully saturated rings. The Balaban J connectivity index is 2.53. The Hall–Kier alpha value is -1.80. The number of nitrogens with two attached hydrogens (primary N) is 1. The second-order valence-electron chi connectivity index (χ2n) is 3.98. The van der Waals surface area contributed by atoms with Gasteiger partial charge >= 0.3 is 0 Å². The van der Waals surface area contributed by atoms with Gasteiger partial charge in [0.2, 0.25) is 0 Å². The molecule has 1 aliphatic rings. The van der Waals surface area contributed by atoms with Gasteiger partial charge in [-0.25, -0.2) is 0 Å². The molecule has 1 atom stereocenters. The Labute approximate surface area is 102 Å². The maximum absolute atomic E-state index is 6.31. The van der Waals surface area contributed by atoms with Crippen LogP contribution in [0.1, 0.15) is 18.5 Å². The van der Waals surface area contributed by atoms with E-state index < -0.39 is 0 Å². The van der Waals surface area contributed by atoms with Gasteiger partial charge in [0.1, 0.15) is 12.4 Å². The average Bonchev–Trinajstić information content (AvgIpc) is 2.49. The third-order valence-electron chi connectivity index (χ3n) is 2.99. The predicted octanol–water partition coefficient (Wildman–Crippen LogP) is 3.14. The van der Waals surface area contributed by atoms with E-state index in [1.165, 1.54) is 0 Å². The van der Waals surface area contributed by atoms with Gasteiger partial charge in [0.25, 0.3) is 0 Å². The molecule has 88 valence electrons. The smallest absolute Gasteiger partial charge is 0.124 e. The maximum Gasteiger partial charge on any atom is 0.124 e. The largest absolute Gasteiger partial charge is 0.489 e. The van der Waals surface area contributed by atoms with Crippen LogP contribution in [0.4, 0.5) is 0 Å². The molecule has 1 aromatic carbocycles. The highest BCUT2D eigenvalue weighted by Crippen LogP contribution is 2.35. The van der Waals surface area contributed by atoms with Crippen molar-refractivity contribution in [2.24, 2.45) is 5.73 Å². The van der Waals surface area contributed by atoms with Gasteiger partial charge in [-0.1, -0.05) is 43.0 Å². The van der Waals surface area contributed by atoms with Crippen LogP contribution >= 0.6 is 0 Å². The molecule has 17 heavy (non-hydrogen) atoms. The molecule has 0 bridgehead atoms. The minimum atomic E-state index is -0.155. The molecule has 0 aromatic heterocycles. The predicted molar refractivity (Wildman–Crippen MR) is 70.9 cm³/mol. The van der Waals surface area contributed by atoms with E-state index in [9.17, 15) is 0 Å². The number of benzene rings is 1. The summed E-state index contributed by atoms with van der Waals surface area (Å²) < 4.78 is 5.78. The molecule has 0 spiro atoms. The minimum absolute atomic E-state index is 0.155. The van der Waals surface area contributed by atoms with Gasteiger partial charge in [0.15, 0.2) is 0 Å². The van der Waals surface area contributed by atoms with Gasteiger partial charge in [-0.05, 0) is 24.1 Å². The Bertz CT molecular complexity index is 485. The van der Waals surface area contributed by atoms with Crippen LogP contribution in [0.25, 0.3) is 0 Å². The van der Waals surface area contributed by atoms with Crippen molar-refractivity contribution in [3.05, 3.63) is 65.8 Å². The number of ether oxygens (including phenoxy) is 1. The van der Waals surface area contributed by atoms with Gasteiger partial charge in [-0.2, -0.15) is 0 Å². The fourth-order valence-electron chi connectivity index (χ4n) is 2.06. The first-order valence-corrected chi connectivity index (χ1v) is 5.73. The van der Waals surface area contributed by atoms with E-state index >= 15 is 0 Å². The Morgan fingerprint density at radius 3 is 2.88 bits per heavy atom. The second-order valence-corrected chi connectivity index (χ2v) is 3.98. The summed E-state index contributed by atoms with van der Waals surface area (Å²) in [6.45, 7) is 6.30. The van der Waals surface area contributed by atoms with Crippen LogP contribution in [0.3, 0.4) is 0 Å². The van der Waals surface area contributed by atoms with Crippen molar-refractivity contribution < 1.29 is 4.74 Å². The summed E-state index contributed by atoms with van der Waals surface area (Å²) in [5.41, 5.74) is 9.53. The SMILES string of the molecule is C=C/C=C1\C(=C/C)COc2ccccc2C1N. The number of fused-ring (bicyclic) bond motifs is 1. The zero-order chi connectivity index (χ0) is 12.3. The first-order chi connectivity index (χ1) is 8.27. The summed E-state index contributed by atoms with van der Waals surface area (Å²) >= 11 is 0. The lowest BCUT2D eigenvalue weighted by atomic mass is 9.94. The minimum Gasteiger partial charge on any atom is -0.489 e. The molecule has 0 saturated carbocycles. The van der Waals surface area contributed by atoms with Crippen molar-refractivity contribution in [3.8, 4) is 5.75 Å². The van der Waals surface area contributed by atoms with Crippen LogP contribution < -0.4 is 10.5 Å². The van der Waals surface area contributed by atoms with Gasteiger partial charge < -0.3 is 10.5 Å². The number of hydrogen-bond acceptors (Lipinski definition) is 2. The molecule has 1 unspecified atom stereocenters. The highest BCUT2D eigenvalue weighted by Gasteiger charge is 2.22. The molecular weight excluding hydrogens is 210 g/mol. The average molecular weight is 227 g/mol. The number of hydrogen-bond donors (Lipinski definition) is 1. The number of allylic oxidation sites excluding steroid dienone is 3. The molecule has 1 heterocycles. The third kappa shape index (κ3) is 2.17. The van der Waals surface area contributed by atoms with Crippen LogP contribution in [0.15, 0.2) is 60.2 Å². The van der Waals surface area contributed by atoms with Gasteiger partial charge in [-0.3, -0.25) is 0 Å². The lowest BCUT2D eigenvalue weighted by Gasteiger charge is -2.14. The standard InChI is InChI=1S/C15H17NO/c1-3-7-12-11(4-2)10-17-14-9-6-5-8-13(14)15(12)16/h3-9,15H,1,10,16H2,2H3/b11-4-,12-7+. The molecule has 0 amide bonds. The second kappa shape index (κ2) is 5.02. The van der Waals surface area contributed by atoms with Crippen molar-refractivity contribution in [2.45, 2.75) is 13.0 Å². The van der Waals surface area contributed by atoms with E-state index in [0.717, 1.165) is 22.5 Å². The summed E-state index contributed by atoms with van der Waals surface area (Å²) in [5, 5.41) is 0. The van der Waals surface area contributed by atoms with E-state index in [0.29, 0.717) is 6.61 Å². The summed E-state index contributed by atoms with van der Waals surface area (Å²) in [4.78, 5) is 0. The molecule has 2 heteroatoms. The lowest BCUT2D eigenvalue weighted by molar-refractivity contribution is 0.356. The maximum atomic E-state index is 6.31. The molecular formula is C15H17NO. The molecule has 0 radical (unpaired) electrons. The summed E-state index contributed by atoms with van der Waals surface area (Å²) in [6.07, 6.45) is 5.78. The third-order valence-corrected chi connectivity index (χ3v) is 2.99. The summed E-state index contributed by atoms with van der Waals surface area (Å²) in [5.74, 6) is 0.867. The monoisotopic (exact) mass is 227 g/mol. The Morgan fingerprint density at radius 1 is 1.41 bits per heavy atom. The van der Waals surface area contributed by atoms with Gasteiger partial charge in [-0.15, -0.1) is 0 Å². The number of rotatable bonds is 1. The van der Waals surface area contributed by atoms with Crippen LogP contribution in [-0.2, 0) is 0 Å². The van der Waals surface area contributed by atoms with Crippen LogP contribution in [-0.4, -0.2) is 6.61 Å². The normalized spacial score (nSPS) is 24.0. The fourth-order valence-corrected chi connectivity index (χ4v) is 2.06. The van der Waals surface area contributed by atoms with Crippen molar-refractivity contribution >= 4 is 0 Å². The molecule has 1 aliphatic heterocycles. The van der Waals surface area contributed by atoms with Gasteiger partial charge in [0.05, 0.1) is 6.04 Å². The summed E-state index contributed by atoms with van der Waals surface area (Å²) in [6, 6.07) is 7.75. The first kappa shape index (κ1) is 11.7. The van der Waals surface area contributed by atoms with Crippen molar-refractivity contribution in [1.82, 2.24) is 0 Å². The van der Waals surface area contributed by atoms with E-state index in [-0.39, 0.29) is 6.04 Å². The van der Waals surface area contributed by atoms with Crippen LogP contribution in [0, 0.1) is 0 Å². The summed E-state index contributed by atoms with van der Waals surface area (Å²) in [7, 11) is 0. The first-order valence-electron chi connectivity index (χ1n) is 5.73. The highest BCUT2D eigenvalue weighted by molar-refractivity contribution is 5.49. The zero-order valence-electron chi connectivity index (χ0n) is 10.0. The Morgan fingerprint density at radius 2 is 2.18 bits per heavy atom. The molecule has 0 saturated heterocycles. The number of para-hydroxylation sites is 1. The fraction of sp³-hybridized carbons (Fsp3) is 0.200. The van der Waals surface area contributed by atoms with Crippen molar-refractivity contribution in [1.29, 1.82) is 0 Å². The molecule has 2 N–H and O–H groups in total. The van der Waals surface area contributed by atoms with Crippen LogP contribution in [0.2, 0.25) is 0 Å². The van der Waals surface area contributed by atoms with Crippen LogP contribution in [0.5, 0.6) is 5.75 Å². The molecule has 1 aromatic rings. The molecule has 2 rings (SSSR count). The topological polar surface area (TPSA) is 35.2 Å². The lowest BCUT2D eigenvalue weighted by Crippen LogP contribution is -2.13.